The molecule has 0 saturated heterocycles. The zero-order valence-corrected chi connectivity index (χ0v) is 18.0. The first-order chi connectivity index (χ1) is 14.7. The van der Waals surface area contributed by atoms with Crippen LogP contribution < -0.4 is 9.13 Å². The predicted octanol–water partition coefficient (Wildman–Crippen LogP) is 5.15. The lowest BCUT2D eigenvalue weighted by Gasteiger charge is -2.03. The highest BCUT2D eigenvalue weighted by Gasteiger charge is 2.07. The topological polar surface area (TPSA) is 7.76 Å². The van der Waals surface area contributed by atoms with E-state index in [0.717, 1.165) is 25.9 Å². The molecule has 0 fully saturated rings. The first-order valence-electron chi connectivity index (χ1n) is 10.9. The standard InChI is InChI=1S/C28H30N2/c1-3-23-5-9-25(10-6-23)21-29-17-13-27(14-18-29)28-15-19-30(20-16-28)22-26-11-7-24(4-2)8-12-26/h5-20H,3-4,21-22H2,1-2H3/q+2. The van der Waals surface area contributed by atoms with E-state index in [-0.39, 0.29) is 0 Å². The number of hydrogen-bond acceptors (Lipinski definition) is 0. The minimum absolute atomic E-state index is 0.899. The summed E-state index contributed by atoms with van der Waals surface area (Å²) in [5, 5.41) is 0. The SMILES string of the molecule is CCc1ccc(C[n+]2ccc(-c3cc[n+](Cc4ccc(CC)cc4)cc3)cc2)cc1. The summed E-state index contributed by atoms with van der Waals surface area (Å²) in [6.45, 7) is 6.18. The smallest absolute Gasteiger partial charge is 0.173 e. The summed E-state index contributed by atoms with van der Waals surface area (Å²) in [5.74, 6) is 0. The van der Waals surface area contributed by atoms with Crippen LogP contribution in [0.5, 0.6) is 0 Å². The van der Waals surface area contributed by atoms with Gasteiger partial charge < -0.3 is 0 Å². The van der Waals surface area contributed by atoms with Crippen LogP contribution in [-0.2, 0) is 25.9 Å². The monoisotopic (exact) mass is 394 g/mol. The molecule has 0 aliphatic heterocycles. The second kappa shape index (κ2) is 9.49. The lowest BCUT2D eigenvalue weighted by Crippen LogP contribution is -2.33. The highest BCUT2D eigenvalue weighted by atomic mass is 14.9. The van der Waals surface area contributed by atoms with E-state index in [1.54, 1.807) is 0 Å². The summed E-state index contributed by atoms with van der Waals surface area (Å²) in [4.78, 5) is 0. The Bertz CT molecular complexity index is 971. The highest BCUT2D eigenvalue weighted by molar-refractivity contribution is 5.60. The number of hydrogen-bond donors (Lipinski definition) is 0. The molecule has 0 atom stereocenters. The Balaban J connectivity index is 1.40. The first-order valence-corrected chi connectivity index (χ1v) is 10.9. The Morgan fingerprint density at radius 2 is 0.733 bits per heavy atom. The van der Waals surface area contributed by atoms with Gasteiger partial charge in [-0.05, 0) is 35.1 Å². The summed E-state index contributed by atoms with van der Waals surface area (Å²) >= 11 is 0. The van der Waals surface area contributed by atoms with Crippen molar-refractivity contribution in [3.8, 4) is 11.1 Å². The van der Waals surface area contributed by atoms with E-state index in [0.29, 0.717) is 0 Å². The predicted molar refractivity (Wildman–Crippen MR) is 122 cm³/mol. The van der Waals surface area contributed by atoms with E-state index in [4.69, 9.17) is 0 Å². The van der Waals surface area contributed by atoms with E-state index in [2.05, 4.69) is 121 Å². The van der Waals surface area contributed by atoms with Crippen LogP contribution in [0.3, 0.4) is 0 Å². The lowest BCUT2D eigenvalue weighted by atomic mass is 10.1. The maximum absolute atomic E-state index is 2.23. The summed E-state index contributed by atoms with van der Waals surface area (Å²) < 4.78 is 4.46. The molecule has 2 nitrogen and oxygen atoms in total. The molecule has 2 heteroatoms. The molecule has 0 saturated carbocycles. The Morgan fingerprint density at radius 1 is 0.433 bits per heavy atom. The zero-order chi connectivity index (χ0) is 20.8. The van der Waals surface area contributed by atoms with E-state index in [9.17, 15) is 0 Å². The average molecular weight is 395 g/mol. The van der Waals surface area contributed by atoms with Crippen LogP contribution in [0, 0.1) is 0 Å². The third-order valence-corrected chi connectivity index (χ3v) is 5.71. The molecule has 2 heterocycles. The van der Waals surface area contributed by atoms with Gasteiger partial charge in [0, 0.05) is 35.4 Å². The fourth-order valence-electron chi connectivity index (χ4n) is 3.69. The van der Waals surface area contributed by atoms with Gasteiger partial charge in [-0.15, -0.1) is 0 Å². The average Bonchev–Trinajstić information content (AvgIpc) is 2.81. The molecule has 150 valence electrons. The third-order valence-electron chi connectivity index (χ3n) is 5.71. The zero-order valence-electron chi connectivity index (χ0n) is 18.0. The van der Waals surface area contributed by atoms with Crippen LogP contribution in [0.15, 0.2) is 97.6 Å². The summed E-state index contributed by atoms with van der Waals surface area (Å²) in [5.41, 5.74) is 7.92. The first kappa shape index (κ1) is 20.0. The Kier molecular flexibility index (Phi) is 6.34. The van der Waals surface area contributed by atoms with Crippen molar-refractivity contribution < 1.29 is 9.13 Å². The molecule has 30 heavy (non-hydrogen) atoms. The normalized spacial score (nSPS) is 10.9. The van der Waals surface area contributed by atoms with Crippen LogP contribution >= 0.6 is 0 Å². The highest BCUT2D eigenvalue weighted by Crippen LogP contribution is 2.16. The number of aryl methyl sites for hydroxylation is 2. The lowest BCUT2D eigenvalue weighted by molar-refractivity contribution is -0.688. The quantitative estimate of drug-likeness (QED) is 0.383. The fourth-order valence-corrected chi connectivity index (χ4v) is 3.69. The Labute approximate surface area is 180 Å². The van der Waals surface area contributed by atoms with Crippen molar-refractivity contribution in [2.24, 2.45) is 0 Å². The molecule has 0 amide bonds. The van der Waals surface area contributed by atoms with E-state index < -0.39 is 0 Å². The molecule has 0 radical (unpaired) electrons. The van der Waals surface area contributed by atoms with Crippen molar-refractivity contribution in [3.05, 3.63) is 120 Å². The van der Waals surface area contributed by atoms with Crippen LogP contribution in [0.2, 0.25) is 0 Å². The maximum Gasteiger partial charge on any atom is 0.173 e. The van der Waals surface area contributed by atoms with Crippen molar-refractivity contribution in [1.82, 2.24) is 0 Å². The van der Waals surface area contributed by atoms with Gasteiger partial charge in [-0.1, -0.05) is 62.4 Å². The van der Waals surface area contributed by atoms with Gasteiger partial charge >= 0.3 is 0 Å². The van der Waals surface area contributed by atoms with Gasteiger partial charge in [0.25, 0.3) is 0 Å². The molecule has 0 bridgehead atoms. The van der Waals surface area contributed by atoms with Gasteiger partial charge in [0.15, 0.2) is 37.9 Å². The van der Waals surface area contributed by atoms with Crippen molar-refractivity contribution in [2.75, 3.05) is 0 Å². The van der Waals surface area contributed by atoms with Crippen LogP contribution in [-0.4, -0.2) is 0 Å². The minimum Gasteiger partial charge on any atom is -0.201 e. The van der Waals surface area contributed by atoms with E-state index >= 15 is 0 Å². The Morgan fingerprint density at radius 3 is 1.03 bits per heavy atom. The number of benzene rings is 2. The fraction of sp³-hybridized carbons (Fsp3) is 0.214. The number of nitrogens with zero attached hydrogens (tertiary/aromatic N) is 2. The van der Waals surface area contributed by atoms with Crippen molar-refractivity contribution >= 4 is 0 Å². The second-order valence-electron chi connectivity index (χ2n) is 7.86. The van der Waals surface area contributed by atoms with Crippen LogP contribution in [0.25, 0.3) is 11.1 Å². The molecule has 0 aliphatic carbocycles. The van der Waals surface area contributed by atoms with Crippen molar-refractivity contribution in [3.63, 3.8) is 0 Å². The largest absolute Gasteiger partial charge is 0.201 e. The van der Waals surface area contributed by atoms with E-state index in [1.165, 1.54) is 33.4 Å². The van der Waals surface area contributed by atoms with Crippen molar-refractivity contribution in [1.29, 1.82) is 0 Å². The molecule has 2 aromatic carbocycles. The summed E-state index contributed by atoms with van der Waals surface area (Å²) in [6.07, 6.45) is 10.8. The maximum atomic E-state index is 2.23. The minimum atomic E-state index is 0.899. The third kappa shape index (κ3) is 5.01. The molecule has 0 unspecified atom stereocenters. The molecular formula is C28H30N2+2. The number of aromatic nitrogens is 2. The molecular weight excluding hydrogens is 364 g/mol. The molecule has 0 aliphatic rings. The van der Waals surface area contributed by atoms with Gasteiger partial charge in [-0.25, -0.2) is 9.13 Å². The number of rotatable bonds is 7. The summed E-state index contributed by atoms with van der Waals surface area (Å²) in [7, 11) is 0. The molecule has 2 aromatic heterocycles. The van der Waals surface area contributed by atoms with E-state index in [1.807, 2.05) is 0 Å². The Hall–Kier alpha value is -3.26. The van der Waals surface area contributed by atoms with Crippen molar-refractivity contribution in [2.45, 2.75) is 39.8 Å². The van der Waals surface area contributed by atoms with Gasteiger partial charge in [-0.3, -0.25) is 0 Å². The van der Waals surface area contributed by atoms with Gasteiger partial charge in [0.1, 0.15) is 0 Å². The van der Waals surface area contributed by atoms with Gasteiger partial charge in [0.2, 0.25) is 0 Å². The second-order valence-corrected chi connectivity index (χ2v) is 7.86. The molecule has 0 spiro atoms. The summed E-state index contributed by atoms with van der Waals surface area (Å²) in [6, 6.07) is 26.6. The molecule has 4 aromatic rings. The van der Waals surface area contributed by atoms with Crippen LogP contribution in [0.1, 0.15) is 36.1 Å². The van der Waals surface area contributed by atoms with Gasteiger partial charge in [0.05, 0.1) is 0 Å². The molecule has 0 N–H and O–H groups in total. The van der Waals surface area contributed by atoms with Crippen LogP contribution in [0.4, 0.5) is 0 Å². The molecule has 4 rings (SSSR count). The number of pyridine rings is 2. The van der Waals surface area contributed by atoms with Gasteiger partial charge in [-0.2, -0.15) is 0 Å².